The normalized spacial score (nSPS) is 18.2. The van der Waals surface area contributed by atoms with Gasteiger partial charge in [0, 0.05) is 37.9 Å². The molecule has 0 aliphatic carbocycles. The molecule has 2 amide bonds. The second-order valence-electron chi connectivity index (χ2n) is 19.2. The SMILES string of the molecule is Cc1ncsc1-c1ccc([C@H](C)NC(=O)[C@@H]2CCCN2C(=O)[C@H](c2cc(OCCOCCOCCCCN3CCC4(CC3)CCN(c3cc(-c5ccccc5O)nnc3N)CC4)no2)C(C)C)cc1. The van der Waals surface area contributed by atoms with Crippen molar-refractivity contribution in [1.29, 1.82) is 0 Å². The average Bonchev–Trinajstić information content (AvgIpc) is 4.14. The minimum Gasteiger partial charge on any atom is -0.507 e. The third-order valence-corrected chi connectivity index (χ3v) is 15.3. The van der Waals surface area contributed by atoms with Gasteiger partial charge in [-0.3, -0.25) is 9.59 Å². The van der Waals surface area contributed by atoms with Gasteiger partial charge in [-0.15, -0.1) is 21.5 Å². The van der Waals surface area contributed by atoms with Crippen LogP contribution in [0.1, 0.15) is 101 Å². The fourth-order valence-corrected chi connectivity index (χ4v) is 10.9. The van der Waals surface area contributed by atoms with Crippen LogP contribution in [0.15, 0.2) is 70.7 Å². The Kier molecular flexibility index (Phi) is 16.8. The molecule has 370 valence electrons. The number of anilines is 2. The number of thiazole rings is 1. The Morgan fingerprint density at radius 3 is 2.36 bits per heavy atom. The van der Waals surface area contributed by atoms with Gasteiger partial charge in [-0.2, -0.15) is 0 Å². The fourth-order valence-electron chi connectivity index (χ4n) is 10.1. The molecule has 3 aromatic heterocycles. The number of aryl methyl sites for hydroxylation is 1. The molecule has 0 unspecified atom stereocenters. The standard InChI is InChI=1S/C52H69N9O7S/c1-35(2)47(51(64)61-22-9-11-42(61)50(63)55-36(3)38-13-15-39(16-14-38)48-37(4)54-34-69-48)45-33-46(58-68-45)67-31-30-66-29-28-65-27-8-7-21-59-23-17-52(18-24-59)19-25-60(26-20-52)43-32-41(56-57-49(43)53)40-10-5-6-12-44(40)62/h5-6,10,12-16,32-36,42,47,62H,7-9,11,17-31H2,1-4H3,(H2,53,57)(H,55,63)/t36-,42-,47-/m0/s1. The number of hydrogen-bond donors (Lipinski definition) is 3. The third kappa shape index (κ3) is 12.4. The topological polar surface area (TPSA) is 195 Å². The van der Waals surface area contributed by atoms with E-state index in [0.717, 1.165) is 92.2 Å². The molecular weight excluding hydrogens is 895 g/mol. The highest BCUT2D eigenvalue weighted by Crippen LogP contribution is 2.43. The van der Waals surface area contributed by atoms with E-state index in [-0.39, 0.29) is 36.1 Å². The van der Waals surface area contributed by atoms with Crippen molar-refractivity contribution in [2.24, 2.45) is 11.3 Å². The van der Waals surface area contributed by atoms with Gasteiger partial charge < -0.3 is 49.6 Å². The number of para-hydroxylation sites is 1. The molecule has 5 aromatic rings. The summed E-state index contributed by atoms with van der Waals surface area (Å²) in [6.45, 7) is 16.0. The molecule has 3 aliphatic rings. The van der Waals surface area contributed by atoms with Crippen LogP contribution >= 0.6 is 11.3 Å². The number of aromatic hydroxyl groups is 1. The number of piperidine rings is 2. The number of carbonyl (C=O) groups is 2. The van der Waals surface area contributed by atoms with Crippen LogP contribution in [0.25, 0.3) is 21.7 Å². The van der Waals surface area contributed by atoms with Gasteiger partial charge >= 0.3 is 0 Å². The highest BCUT2D eigenvalue weighted by molar-refractivity contribution is 7.13. The molecule has 1 spiro atoms. The van der Waals surface area contributed by atoms with E-state index < -0.39 is 12.0 Å². The number of amides is 2. The first-order chi connectivity index (χ1) is 33.5. The molecule has 3 atom stereocenters. The molecule has 6 heterocycles. The van der Waals surface area contributed by atoms with Crippen molar-refractivity contribution in [3.8, 4) is 33.3 Å². The number of hydrogen-bond acceptors (Lipinski definition) is 15. The minimum absolute atomic E-state index is 0.0922. The molecule has 0 bridgehead atoms. The Labute approximate surface area is 409 Å². The lowest BCUT2D eigenvalue weighted by molar-refractivity contribution is -0.141. The van der Waals surface area contributed by atoms with Crippen molar-refractivity contribution >= 4 is 34.7 Å². The molecule has 3 aliphatic heterocycles. The molecule has 3 saturated heterocycles. The summed E-state index contributed by atoms with van der Waals surface area (Å²) in [7, 11) is 0. The number of unbranched alkanes of at least 4 members (excludes halogenated alkanes) is 1. The lowest BCUT2D eigenvalue weighted by Crippen LogP contribution is -2.48. The number of carbonyl (C=O) groups excluding carboxylic acids is 2. The predicted octanol–water partition coefficient (Wildman–Crippen LogP) is 8.03. The Morgan fingerprint density at radius 2 is 1.64 bits per heavy atom. The van der Waals surface area contributed by atoms with E-state index in [2.05, 4.69) is 47.6 Å². The number of nitrogens with one attached hydrogen (secondary N) is 1. The van der Waals surface area contributed by atoms with Gasteiger partial charge in [-0.05, 0) is 131 Å². The molecule has 2 aromatic carbocycles. The highest BCUT2D eigenvalue weighted by atomic mass is 32.1. The molecule has 0 radical (unpaired) electrons. The minimum atomic E-state index is -0.607. The fraction of sp³-hybridized carbons (Fsp3) is 0.538. The van der Waals surface area contributed by atoms with Gasteiger partial charge in [0.25, 0.3) is 5.88 Å². The van der Waals surface area contributed by atoms with Crippen molar-refractivity contribution in [3.05, 3.63) is 83.2 Å². The summed E-state index contributed by atoms with van der Waals surface area (Å²) in [5.74, 6) is 0.326. The smallest absolute Gasteiger partial charge is 0.254 e. The van der Waals surface area contributed by atoms with E-state index in [1.165, 1.54) is 12.8 Å². The first-order valence-electron chi connectivity index (χ1n) is 24.7. The predicted molar refractivity (Wildman–Crippen MR) is 267 cm³/mol. The van der Waals surface area contributed by atoms with Crippen LogP contribution in [0.4, 0.5) is 11.5 Å². The molecule has 4 N–H and O–H groups in total. The summed E-state index contributed by atoms with van der Waals surface area (Å²) < 4.78 is 23.1. The molecule has 8 rings (SSSR count). The van der Waals surface area contributed by atoms with E-state index in [1.807, 2.05) is 63.5 Å². The van der Waals surface area contributed by atoms with Crippen LogP contribution in [-0.2, 0) is 19.1 Å². The van der Waals surface area contributed by atoms with Crippen LogP contribution in [0.2, 0.25) is 0 Å². The van der Waals surface area contributed by atoms with Crippen molar-refractivity contribution in [2.75, 3.05) is 82.9 Å². The summed E-state index contributed by atoms with van der Waals surface area (Å²) in [4.78, 5) is 39.8. The number of nitrogens with zero attached hydrogens (tertiary/aromatic N) is 7. The van der Waals surface area contributed by atoms with Crippen LogP contribution in [0.5, 0.6) is 11.6 Å². The maximum atomic E-state index is 14.1. The van der Waals surface area contributed by atoms with E-state index in [4.69, 9.17) is 24.5 Å². The zero-order valence-electron chi connectivity index (χ0n) is 40.6. The van der Waals surface area contributed by atoms with E-state index in [1.54, 1.807) is 34.4 Å². The van der Waals surface area contributed by atoms with Gasteiger partial charge in [-0.1, -0.05) is 50.2 Å². The highest BCUT2D eigenvalue weighted by Gasteiger charge is 2.41. The molecule has 3 fully saturated rings. The van der Waals surface area contributed by atoms with E-state index in [9.17, 15) is 14.7 Å². The number of phenolic OH excluding ortho intramolecular Hbond substituents is 1. The van der Waals surface area contributed by atoms with Gasteiger partial charge in [0.05, 0.1) is 53.3 Å². The zero-order chi connectivity index (χ0) is 48.3. The summed E-state index contributed by atoms with van der Waals surface area (Å²) in [6, 6.07) is 18.2. The Bertz CT molecular complexity index is 2440. The molecule has 16 nitrogen and oxygen atoms in total. The van der Waals surface area contributed by atoms with E-state index in [0.29, 0.717) is 73.5 Å². The van der Waals surface area contributed by atoms with Crippen LogP contribution < -0.4 is 20.7 Å². The molecule has 0 saturated carbocycles. The van der Waals surface area contributed by atoms with E-state index >= 15 is 0 Å². The van der Waals surface area contributed by atoms with Crippen molar-refractivity contribution in [2.45, 2.75) is 97.1 Å². The number of aromatic nitrogens is 4. The quantitative estimate of drug-likeness (QED) is 0.0598. The number of nitrogens with two attached hydrogens (primary N) is 1. The summed E-state index contributed by atoms with van der Waals surface area (Å²) in [5.41, 5.74) is 13.8. The number of nitrogen functional groups attached to an aromatic ring is 1. The number of likely N-dealkylation sites (tertiary alicyclic amines) is 2. The monoisotopic (exact) mass is 964 g/mol. The summed E-state index contributed by atoms with van der Waals surface area (Å²) in [6.07, 6.45) is 8.16. The molecule has 69 heavy (non-hydrogen) atoms. The second-order valence-corrected chi connectivity index (χ2v) is 20.1. The largest absolute Gasteiger partial charge is 0.507 e. The van der Waals surface area contributed by atoms with Crippen LogP contribution in [0.3, 0.4) is 0 Å². The van der Waals surface area contributed by atoms with Gasteiger partial charge in [-0.25, -0.2) is 4.98 Å². The van der Waals surface area contributed by atoms with Gasteiger partial charge in [0.15, 0.2) is 11.6 Å². The van der Waals surface area contributed by atoms with Crippen molar-refractivity contribution in [3.63, 3.8) is 0 Å². The maximum Gasteiger partial charge on any atom is 0.254 e. The van der Waals surface area contributed by atoms with Gasteiger partial charge in [0.1, 0.15) is 24.3 Å². The Hall–Kier alpha value is -5.62. The summed E-state index contributed by atoms with van der Waals surface area (Å²) >= 11 is 1.61. The Balaban J connectivity index is 0.674. The number of phenols is 1. The lowest BCUT2D eigenvalue weighted by Gasteiger charge is -2.47. The van der Waals surface area contributed by atoms with Crippen molar-refractivity contribution < 1.29 is 33.4 Å². The molecular formula is C52H69N9O7S. The lowest BCUT2D eigenvalue weighted by atomic mass is 9.71. The molecule has 17 heteroatoms. The maximum absolute atomic E-state index is 14.1. The first kappa shape index (κ1) is 49.8. The zero-order valence-corrected chi connectivity index (χ0v) is 41.4. The average molecular weight is 964 g/mol. The summed E-state index contributed by atoms with van der Waals surface area (Å²) in [5, 5.41) is 26.1. The third-order valence-electron chi connectivity index (χ3n) is 14.3. The number of rotatable bonds is 21. The van der Waals surface area contributed by atoms with Crippen molar-refractivity contribution in [1.82, 2.24) is 35.5 Å². The second kappa shape index (κ2) is 23.3. The first-order valence-corrected chi connectivity index (χ1v) is 25.6. The number of benzene rings is 2. The Morgan fingerprint density at radius 1 is 0.913 bits per heavy atom. The van der Waals surface area contributed by atoms with Gasteiger partial charge in [0.2, 0.25) is 11.8 Å². The number of ether oxygens (including phenoxy) is 3. The van der Waals surface area contributed by atoms with Crippen LogP contribution in [0, 0.1) is 18.3 Å². The van der Waals surface area contributed by atoms with Crippen LogP contribution in [-0.4, -0.2) is 125 Å².